The van der Waals surface area contributed by atoms with Crippen molar-refractivity contribution >= 4 is 11.6 Å². The summed E-state index contributed by atoms with van der Waals surface area (Å²) in [6.07, 6.45) is 2.43. The highest BCUT2D eigenvalue weighted by atomic mass is 35.5. The molecule has 0 amide bonds. The van der Waals surface area contributed by atoms with E-state index in [-0.39, 0.29) is 6.04 Å². The molecule has 0 fully saturated rings. The summed E-state index contributed by atoms with van der Waals surface area (Å²) in [4.78, 5) is 0. The summed E-state index contributed by atoms with van der Waals surface area (Å²) in [6, 6.07) is 5.18. The van der Waals surface area contributed by atoms with E-state index in [1.54, 1.807) is 17.9 Å². The van der Waals surface area contributed by atoms with Gasteiger partial charge >= 0.3 is 0 Å². The molecule has 2 rings (SSSR count). The first kappa shape index (κ1) is 12.9. The van der Waals surface area contributed by atoms with E-state index in [9.17, 15) is 0 Å². The molecule has 0 bridgehead atoms. The van der Waals surface area contributed by atoms with Crippen LogP contribution in [0.1, 0.15) is 17.3 Å². The van der Waals surface area contributed by atoms with Crippen molar-refractivity contribution in [2.24, 2.45) is 12.8 Å². The fourth-order valence-corrected chi connectivity index (χ4v) is 2.00. The molecule has 2 aromatic rings. The SMILES string of the molecule is COc1ccc(Cl)cc1C(N)Cc1cn(C)nn1. The van der Waals surface area contributed by atoms with Crippen molar-refractivity contribution in [3.05, 3.63) is 40.7 Å². The third-order valence-electron chi connectivity index (χ3n) is 2.67. The van der Waals surface area contributed by atoms with Gasteiger partial charge in [-0.2, -0.15) is 0 Å². The highest BCUT2D eigenvalue weighted by molar-refractivity contribution is 6.30. The molecule has 1 heterocycles. The maximum absolute atomic E-state index is 6.17. The van der Waals surface area contributed by atoms with Gasteiger partial charge in [0.1, 0.15) is 5.75 Å². The molecule has 18 heavy (non-hydrogen) atoms. The van der Waals surface area contributed by atoms with Crippen LogP contribution in [-0.2, 0) is 13.5 Å². The van der Waals surface area contributed by atoms with Gasteiger partial charge in [0.25, 0.3) is 0 Å². The minimum absolute atomic E-state index is 0.227. The number of nitrogens with two attached hydrogens (primary N) is 1. The number of aryl methyl sites for hydroxylation is 1. The van der Waals surface area contributed by atoms with Crippen molar-refractivity contribution in [2.75, 3.05) is 7.11 Å². The van der Waals surface area contributed by atoms with E-state index < -0.39 is 0 Å². The second-order valence-corrected chi connectivity index (χ2v) is 4.52. The maximum Gasteiger partial charge on any atom is 0.123 e. The van der Waals surface area contributed by atoms with Crippen LogP contribution in [0.3, 0.4) is 0 Å². The molecule has 0 saturated heterocycles. The molecule has 0 radical (unpaired) electrons. The molecule has 0 saturated carbocycles. The Balaban J connectivity index is 2.22. The van der Waals surface area contributed by atoms with Gasteiger partial charge in [0, 0.05) is 36.3 Å². The standard InChI is InChI=1S/C12H15ClN4O/c1-17-7-9(15-16-17)6-11(14)10-5-8(13)3-4-12(10)18-2/h3-5,7,11H,6,14H2,1-2H3. The number of hydrogen-bond acceptors (Lipinski definition) is 4. The summed E-state index contributed by atoms with van der Waals surface area (Å²) < 4.78 is 6.93. The number of hydrogen-bond donors (Lipinski definition) is 1. The van der Waals surface area contributed by atoms with Gasteiger partial charge in [-0.1, -0.05) is 16.8 Å². The van der Waals surface area contributed by atoms with Crippen LogP contribution in [0, 0.1) is 0 Å². The average Bonchev–Trinajstić information content (AvgIpc) is 2.74. The van der Waals surface area contributed by atoms with E-state index in [0.717, 1.165) is 17.0 Å². The fraction of sp³-hybridized carbons (Fsp3) is 0.333. The second kappa shape index (κ2) is 5.37. The van der Waals surface area contributed by atoms with Gasteiger partial charge in [0.05, 0.1) is 12.8 Å². The number of aromatic nitrogens is 3. The van der Waals surface area contributed by atoms with E-state index in [1.165, 1.54) is 0 Å². The van der Waals surface area contributed by atoms with Crippen molar-refractivity contribution in [3.63, 3.8) is 0 Å². The van der Waals surface area contributed by atoms with Crippen molar-refractivity contribution in [3.8, 4) is 5.75 Å². The monoisotopic (exact) mass is 266 g/mol. The van der Waals surface area contributed by atoms with Crippen molar-refractivity contribution in [1.82, 2.24) is 15.0 Å². The lowest BCUT2D eigenvalue weighted by Gasteiger charge is -2.14. The summed E-state index contributed by atoms with van der Waals surface area (Å²) in [5.41, 5.74) is 7.88. The molecular formula is C12H15ClN4O. The smallest absolute Gasteiger partial charge is 0.123 e. The Labute approximate surface area is 111 Å². The van der Waals surface area contributed by atoms with Crippen LogP contribution in [0.4, 0.5) is 0 Å². The van der Waals surface area contributed by atoms with E-state index >= 15 is 0 Å². The van der Waals surface area contributed by atoms with Gasteiger partial charge in [0.15, 0.2) is 0 Å². The van der Waals surface area contributed by atoms with Crippen LogP contribution < -0.4 is 10.5 Å². The number of nitrogens with zero attached hydrogens (tertiary/aromatic N) is 3. The molecule has 6 heteroatoms. The van der Waals surface area contributed by atoms with Gasteiger partial charge in [-0.3, -0.25) is 4.68 Å². The molecule has 1 unspecified atom stereocenters. The van der Waals surface area contributed by atoms with Crippen molar-refractivity contribution in [2.45, 2.75) is 12.5 Å². The summed E-state index contributed by atoms with van der Waals surface area (Å²) in [5.74, 6) is 0.732. The summed E-state index contributed by atoms with van der Waals surface area (Å²) >= 11 is 5.98. The Morgan fingerprint density at radius 1 is 1.50 bits per heavy atom. The Morgan fingerprint density at radius 2 is 2.28 bits per heavy atom. The van der Waals surface area contributed by atoms with Crippen LogP contribution in [0.5, 0.6) is 5.75 Å². The van der Waals surface area contributed by atoms with E-state index in [1.807, 2.05) is 25.4 Å². The third kappa shape index (κ3) is 2.80. The van der Waals surface area contributed by atoms with Gasteiger partial charge in [-0.05, 0) is 18.2 Å². The summed E-state index contributed by atoms with van der Waals surface area (Å²) in [5, 5.41) is 8.53. The number of halogens is 1. The Kier molecular flexibility index (Phi) is 3.84. The van der Waals surface area contributed by atoms with Crippen LogP contribution >= 0.6 is 11.6 Å². The summed E-state index contributed by atoms with van der Waals surface area (Å²) in [7, 11) is 3.43. The maximum atomic E-state index is 6.17. The Morgan fingerprint density at radius 3 is 2.89 bits per heavy atom. The van der Waals surface area contributed by atoms with Gasteiger partial charge < -0.3 is 10.5 Å². The molecule has 0 aliphatic heterocycles. The molecule has 2 N–H and O–H groups in total. The molecular weight excluding hydrogens is 252 g/mol. The first-order valence-electron chi connectivity index (χ1n) is 5.54. The lowest BCUT2D eigenvalue weighted by Crippen LogP contribution is -2.14. The van der Waals surface area contributed by atoms with E-state index in [0.29, 0.717) is 11.4 Å². The van der Waals surface area contributed by atoms with Crippen LogP contribution in [-0.4, -0.2) is 22.1 Å². The van der Waals surface area contributed by atoms with Crippen LogP contribution in [0.15, 0.2) is 24.4 Å². The molecule has 0 aliphatic carbocycles. The molecule has 5 nitrogen and oxygen atoms in total. The quantitative estimate of drug-likeness (QED) is 0.915. The number of benzene rings is 1. The molecule has 1 aromatic carbocycles. The minimum atomic E-state index is -0.227. The summed E-state index contributed by atoms with van der Waals surface area (Å²) in [6.45, 7) is 0. The van der Waals surface area contributed by atoms with E-state index in [4.69, 9.17) is 22.1 Å². The number of rotatable bonds is 4. The third-order valence-corrected chi connectivity index (χ3v) is 2.91. The first-order valence-corrected chi connectivity index (χ1v) is 5.92. The zero-order chi connectivity index (χ0) is 13.1. The zero-order valence-corrected chi connectivity index (χ0v) is 11.1. The Hall–Kier alpha value is -1.59. The second-order valence-electron chi connectivity index (χ2n) is 4.08. The topological polar surface area (TPSA) is 66.0 Å². The first-order chi connectivity index (χ1) is 8.60. The van der Waals surface area contributed by atoms with E-state index in [2.05, 4.69) is 10.3 Å². The van der Waals surface area contributed by atoms with Crippen LogP contribution in [0.2, 0.25) is 5.02 Å². The predicted octanol–water partition coefficient (Wildman–Crippen LogP) is 1.72. The van der Waals surface area contributed by atoms with Gasteiger partial charge in [0.2, 0.25) is 0 Å². The molecule has 1 atom stereocenters. The lowest BCUT2D eigenvalue weighted by atomic mass is 10.0. The van der Waals surface area contributed by atoms with Gasteiger partial charge in [-0.25, -0.2) is 0 Å². The highest BCUT2D eigenvalue weighted by Crippen LogP contribution is 2.28. The number of methoxy groups -OCH3 is 1. The number of ether oxygens (including phenoxy) is 1. The van der Waals surface area contributed by atoms with Crippen molar-refractivity contribution in [1.29, 1.82) is 0 Å². The normalized spacial score (nSPS) is 12.4. The predicted molar refractivity (Wildman–Crippen MR) is 69.6 cm³/mol. The molecule has 96 valence electrons. The van der Waals surface area contributed by atoms with Gasteiger partial charge in [-0.15, -0.1) is 5.10 Å². The Bertz CT molecular complexity index is 541. The minimum Gasteiger partial charge on any atom is -0.496 e. The molecule has 1 aromatic heterocycles. The van der Waals surface area contributed by atoms with Crippen molar-refractivity contribution < 1.29 is 4.74 Å². The zero-order valence-electron chi connectivity index (χ0n) is 10.3. The molecule has 0 aliphatic rings. The fourth-order valence-electron chi connectivity index (χ4n) is 1.82. The largest absolute Gasteiger partial charge is 0.496 e. The molecule has 0 spiro atoms. The van der Waals surface area contributed by atoms with Crippen LogP contribution in [0.25, 0.3) is 0 Å². The lowest BCUT2D eigenvalue weighted by molar-refractivity contribution is 0.405. The average molecular weight is 267 g/mol. The highest BCUT2D eigenvalue weighted by Gasteiger charge is 2.14.